The number of aliphatic hydroxyl groups is 1. The Morgan fingerprint density at radius 2 is 1.25 bits per heavy atom. The first-order chi connectivity index (χ1) is 19.8. The zero-order chi connectivity index (χ0) is 27.4. The van der Waals surface area contributed by atoms with Crippen molar-refractivity contribution >= 4 is 17.0 Å². The van der Waals surface area contributed by atoms with E-state index < -0.39 is 5.54 Å². The van der Waals surface area contributed by atoms with Gasteiger partial charge in [-0.15, -0.1) is 5.10 Å². The van der Waals surface area contributed by atoms with Crippen LogP contribution in [0.4, 0.5) is 5.82 Å². The molecule has 0 bridgehead atoms. The van der Waals surface area contributed by atoms with Gasteiger partial charge >= 0.3 is 0 Å². The number of nitrogens with one attached hydrogen (secondary N) is 1. The quantitative estimate of drug-likeness (QED) is 0.219. The SMILES string of the molecule is CNc1cc(C(CCO)c2ccccc2)c2nnn(C(c3ccccc3)(c3ccccc3)c3ccccc3)c2n1. The molecule has 0 aliphatic rings. The molecule has 6 aromatic rings. The van der Waals surface area contributed by atoms with Crippen LogP contribution >= 0.6 is 0 Å². The van der Waals surface area contributed by atoms with Crippen LogP contribution in [0.3, 0.4) is 0 Å². The van der Waals surface area contributed by atoms with E-state index in [1.165, 1.54) is 0 Å². The third kappa shape index (κ3) is 4.32. The third-order valence-corrected chi connectivity index (χ3v) is 7.58. The van der Waals surface area contributed by atoms with E-state index in [0.717, 1.165) is 27.8 Å². The van der Waals surface area contributed by atoms with Gasteiger partial charge in [-0.25, -0.2) is 9.67 Å². The molecule has 2 aromatic heterocycles. The van der Waals surface area contributed by atoms with Crippen LogP contribution in [-0.4, -0.2) is 38.7 Å². The van der Waals surface area contributed by atoms with Crippen molar-refractivity contribution in [3.8, 4) is 0 Å². The molecule has 0 aliphatic carbocycles. The number of aliphatic hydroxyl groups excluding tert-OH is 1. The summed E-state index contributed by atoms with van der Waals surface area (Å²) in [6.07, 6.45) is 0.556. The molecule has 2 N–H and O–H groups in total. The second-order valence-corrected chi connectivity index (χ2v) is 9.80. The van der Waals surface area contributed by atoms with Crippen LogP contribution < -0.4 is 5.32 Å². The largest absolute Gasteiger partial charge is 0.396 e. The van der Waals surface area contributed by atoms with E-state index >= 15 is 0 Å². The second-order valence-electron chi connectivity index (χ2n) is 9.80. The molecule has 0 fully saturated rings. The highest BCUT2D eigenvalue weighted by atomic mass is 16.3. The van der Waals surface area contributed by atoms with Gasteiger partial charge in [-0.3, -0.25) is 0 Å². The van der Waals surface area contributed by atoms with Gasteiger partial charge in [0.25, 0.3) is 0 Å². The lowest BCUT2D eigenvalue weighted by atomic mass is 9.77. The average Bonchev–Trinajstić information content (AvgIpc) is 3.46. The maximum Gasteiger partial charge on any atom is 0.182 e. The molecular weight excluding hydrogens is 494 g/mol. The first kappa shape index (κ1) is 25.5. The van der Waals surface area contributed by atoms with Gasteiger partial charge in [0.05, 0.1) is 0 Å². The molecule has 0 aliphatic heterocycles. The molecule has 6 nitrogen and oxygen atoms in total. The van der Waals surface area contributed by atoms with E-state index in [1.807, 2.05) is 54.2 Å². The lowest BCUT2D eigenvalue weighted by Crippen LogP contribution is -2.39. The fourth-order valence-electron chi connectivity index (χ4n) is 5.77. The Kier molecular flexibility index (Phi) is 7.08. The number of nitrogens with zero attached hydrogens (tertiary/aromatic N) is 4. The van der Waals surface area contributed by atoms with Gasteiger partial charge in [0.15, 0.2) is 5.65 Å². The van der Waals surface area contributed by atoms with Gasteiger partial charge in [0.1, 0.15) is 16.9 Å². The summed E-state index contributed by atoms with van der Waals surface area (Å²) in [6.45, 7) is 0.0500. The van der Waals surface area contributed by atoms with Crippen molar-refractivity contribution in [2.45, 2.75) is 17.9 Å². The Hall–Kier alpha value is -4.81. The number of aromatic nitrogens is 4. The minimum Gasteiger partial charge on any atom is -0.396 e. The van der Waals surface area contributed by atoms with E-state index in [2.05, 4.69) is 90.2 Å². The minimum absolute atomic E-state index is 0.0500. The number of benzene rings is 4. The Labute approximate surface area is 234 Å². The lowest BCUT2D eigenvalue weighted by Gasteiger charge is -2.36. The Balaban J connectivity index is 1.71. The van der Waals surface area contributed by atoms with E-state index in [9.17, 15) is 5.11 Å². The molecule has 0 radical (unpaired) electrons. The maximum atomic E-state index is 10.1. The van der Waals surface area contributed by atoms with Crippen LogP contribution in [0, 0.1) is 0 Å². The van der Waals surface area contributed by atoms with Gasteiger partial charge in [0.2, 0.25) is 0 Å². The topological polar surface area (TPSA) is 75.9 Å². The molecule has 6 heteroatoms. The van der Waals surface area contributed by atoms with Crippen LogP contribution in [0.25, 0.3) is 11.2 Å². The summed E-state index contributed by atoms with van der Waals surface area (Å²) in [5.41, 5.74) is 5.77. The van der Waals surface area contributed by atoms with Crippen molar-refractivity contribution in [3.63, 3.8) is 0 Å². The van der Waals surface area contributed by atoms with Crippen molar-refractivity contribution in [2.75, 3.05) is 19.0 Å². The molecule has 0 saturated carbocycles. The summed E-state index contributed by atoms with van der Waals surface area (Å²) in [4.78, 5) is 5.06. The van der Waals surface area contributed by atoms with E-state index in [0.29, 0.717) is 23.4 Å². The van der Waals surface area contributed by atoms with Gasteiger partial charge in [-0.2, -0.15) is 0 Å². The first-order valence-corrected chi connectivity index (χ1v) is 13.5. The van der Waals surface area contributed by atoms with Crippen molar-refractivity contribution in [2.24, 2.45) is 0 Å². The molecule has 0 saturated heterocycles. The molecule has 1 unspecified atom stereocenters. The molecule has 40 heavy (non-hydrogen) atoms. The Morgan fingerprint density at radius 1 is 0.750 bits per heavy atom. The summed E-state index contributed by atoms with van der Waals surface area (Å²) in [5, 5.41) is 23.0. The fourth-order valence-corrected chi connectivity index (χ4v) is 5.77. The fraction of sp³-hybridized carbons (Fsp3) is 0.147. The predicted molar refractivity (Wildman–Crippen MR) is 159 cm³/mol. The highest BCUT2D eigenvalue weighted by Crippen LogP contribution is 2.43. The Bertz CT molecular complexity index is 1590. The second kappa shape index (κ2) is 11.1. The number of hydrogen-bond donors (Lipinski definition) is 2. The van der Waals surface area contributed by atoms with Gasteiger partial charge in [0, 0.05) is 19.6 Å². The molecule has 2 heterocycles. The summed E-state index contributed by atoms with van der Waals surface area (Å²) >= 11 is 0. The highest BCUT2D eigenvalue weighted by molar-refractivity contribution is 5.79. The van der Waals surface area contributed by atoms with Crippen LogP contribution in [0.2, 0.25) is 0 Å². The summed E-state index contributed by atoms with van der Waals surface area (Å²) in [6, 6.07) is 43.5. The number of pyridine rings is 1. The van der Waals surface area contributed by atoms with Gasteiger partial charge in [-0.05, 0) is 40.3 Å². The number of hydrogen-bond acceptors (Lipinski definition) is 5. The average molecular weight is 526 g/mol. The van der Waals surface area contributed by atoms with Gasteiger partial charge in [-0.1, -0.05) is 127 Å². The van der Waals surface area contributed by atoms with Crippen LogP contribution in [-0.2, 0) is 5.54 Å². The third-order valence-electron chi connectivity index (χ3n) is 7.58. The molecule has 0 spiro atoms. The first-order valence-electron chi connectivity index (χ1n) is 13.5. The molecule has 198 valence electrons. The summed E-state index contributed by atoms with van der Waals surface area (Å²) in [5.74, 6) is 0.640. The molecule has 4 aromatic carbocycles. The maximum absolute atomic E-state index is 10.1. The smallest absolute Gasteiger partial charge is 0.182 e. The zero-order valence-electron chi connectivity index (χ0n) is 22.4. The predicted octanol–water partition coefficient (Wildman–Crippen LogP) is 6.22. The van der Waals surface area contributed by atoms with Crippen molar-refractivity contribution < 1.29 is 5.11 Å². The zero-order valence-corrected chi connectivity index (χ0v) is 22.4. The number of anilines is 1. The van der Waals surface area contributed by atoms with E-state index in [-0.39, 0.29) is 12.5 Å². The normalized spacial score (nSPS) is 12.3. The monoisotopic (exact) mass is 525 g/mol. The van der Waals surface area contributed by atoms with E-state index in [4.69, 9.17) is 15.3 Å². The van der Waals surface area contributed by atoms with Crippen LogP contribution in [0.1, 0.15) is 40.2 Å². The standard InChI is InChI=1S/C34H31N5O/c1-35-31-24-30(29(22-23-40)25-14-6-2-7-15-25)32-33(36-31)39(38-37-32)34(26-16-8-3-9-17-26,27-18-10-4-11-19-27)28-20-12-5-13-21-28/h2-21,24,29,40H,22-23H2,1H3,(H,35,36). The van der Waals surface area contributed by atoms with Crippen LogP contribution in [0.15, 0.2) is 127 Å². The highest BCUT2D eigenvalue weighted by Gasteiger charge is 2.41. The molecule has 1 atom stereocenters. The van der Waals surface area contributed by atoms with Crippen LogP contribution in [0.5, 0.6) is 0 Å². The summed E-state index contributed by atoms with van der Waals surface area (Å²) < 4.78 is 1.97. The number of rotatable bonds is 9. The summed E-state index contributed by atoms with van der Waals surface area (Å²) in [7, 11) is 1.87. The minimum atomic E-state index is -0.839. The van der Waals surface area contributed by atoms with Crippen molar-refractivity contribution in [1.29, 1.82) is 0 Å². The lowest BCUT2D eigenvalue weighted by molar-refractivity contribution is 0.282. The molecule has 0 amide bonds. The molecule has 6 rings (SSSR count). The Morgan fingerprint density at radius 3 is 1.73 bits per heavy atom. The van der Waals surface area contributed by atoms with Crippen molar-refractivity contribution in [3.05, 3.63) is 155 Å². The van der Waals surface area contributed by atoms with Gasteiger partial charge < -0.3 is 10.4 Å². The molecular formula is C34H31N5O. The number of fused-ring (bicyclic) bond motifs is 1. The van der Waals surface area contributed by atoms with E-state index in [1.54, 1.807) is 0 Å². The van der Waals surface area contributed by atoms with Crippen molar-refractivity contribution in [1.82, 2.24) is 20.0 Å².